The van der Waals surface area contributed by atoms with Crippen molar-refractivity contribution in [3.63, 3.8) is 0 Å². The van der Waals surface area contributed by atoms with Gasteiger partial charge in [0.05, 0.1) is 5.52 Å². The van der Waals surface area contributed by atoms with Crippen molar-refractivity contribution in [3.05, 3.63) is 62.9 Å². The molecule has 0 spiro atoms. The van der Waals surface area contributed by atoms with E-state index in [1.165, 1.54) is 0 Å². The summed E-state index contributed by atoms with van der Waals surface area (Å²) in [6.07, 6.45) is 1.19. The van der Waals surface area contributed by atoms with Gasteiger partial charge in [0, 0.05) is 26.3 Å². The highest BCUT2D eigenvalue weighted by atomic mass is 79.9. The van der Waals surface area contributed by atoms with Gasteiger partial charge in [0.1, 0.15) is 6.10 Å². The predicted molar refractivity (Wildman–Crippen MR) is 77.8 cm³/mol. The van der Waals surface area contributed by atoms with Crippen LogP contribution in [0.15, 0.2) is 52.4 Å². The van der Waals surface area contributed by atoms with Gasteiger partial charge in [-0.25, -0.2) is 0 Å². The summed E-state index contributed by atoms with van der Waals surface area (Å²) in [6.45, 7) is 0. The number of hydrogen-bond acceptors (Lipinski definition) is 3. The van der Waals surface area contributed by atoms with Crippen molar-refractivity contribution in [1.82, 2.24) is 4.98 Å². The molecule has 0 aliphatic heterocycles. The first-order valence-electron chi connectivity index (χ1n) is 5.51. The maximum absolute atomic E-state index is 10.3. The van der Waals surface area contributed by atoms with Gasteiger partial charge in [0.15, 0.2) is 0 Å². The Morgan fingerprint density at radius 3 is 2.89 bits per heavy atom. The first-order valence-corrected chi connectivity index (χ1v) is 7.18. The van der Waals surface area contributed by atoms with E-state index in [0.29, 0.717) is 0 Å². The van der Waals surface area contributed by atoms with Gasteiger partial charge in [-0.3, -0.25) is 4.98 Å². The summed E-state index contributed by atoms with van der Waals surface area (Å²) in [5.41, 5.74) is 1.84. The van der Waals surface area contributed by atoms with Gasteiger partial charge in [0.2, 0.25) is 0 Å². The number of pyridine rings is 1. The monoisotopic (exact) mass is 319 g/mol. The molecule has 0 aliphatic carbocycles. The first kappa shape index (κ1) is 11.8. The van der Waals surface area contributed by atoms with E-state index in [2.05, 4.69) is 20.9 Å². The van der Waals surface area contributed by atoms with Crippen molar-refractivity contribution >= 4 is 38.2 Å². The fraction of sp³-hybridized carbons (Fsp3) is 0.0714. The van der Waals surface area contributed by atoms with E-state index in [1.54, 1.807) is 17.5 Å². The highest BCUT2D eigenvalue weighted by Gasteiger charge is 2.13. The molecule has 1 atom stereocenters. The molecular formula is C14H10BrNOS. The molecule has 2 heterocycles. The van der Waals surface area contributed by atoms with Crippen LogP contribution in [-0.4, -0.2) is 10.1 Å². The van der Waals surface area contributed by atoms with Gasteiger partial charge in [0.25, 0.3) is 0 Å². The van der Waals surface area contributed by atoms with Crippen molar-refractivity contribution < 1.29 is 5.11 Å². The lowest BCUT2D eigenvalue weighted by Crippen LogP contribution is -1.96. The van der Waals surface area contributed by atoms with Crippen LogP contribution in [0.1, 0.15) is 16.5 Å². The fourth-order valence-corrected chi connectivity index (χ4v) is 3.36. The minimum absolute atomic E-state index is 0.578. The number of thiophene rings is 1. The molecular weight excluding hydrogens is 310 g/mol. The van der Waals surface area contributed by atoms with Gasteiger partial charge in [-0.2, -0.15) is 0 Å². The zero-order valence-electron chi connectivity index (χ0n) is 9.38. The van der Waals surface area contributed by atoms with Crippen LogP contribution in [0.25, 0.3) is 10.9 Å². The lowest BCUT2D eigenvalue weighted by atomic mass is 10.1. The minimum atomic E-state index is -0.578. The Bertz CT molecular complexity index is 695. The van der Waals surface area contributed by atoms with Crippen LogP contribution in [0.4, 0.5) is 0 Å². The van der Waals surface area contributed by atoms with Crippen LogP contribution in [0, 0.1) is 0 Å². The third kappa shape index (κ3) is 2.19. The maximum atomic E-state index is 10.3. The highest BCUT2D eigenvalue weighted by molar-refractivity contribution is 9.10. The molecule has 0 radical (unpaired) electrons. The molecule has 0 fully saturated rings. The van der Waals surface area contributed by atoms with E-state index in [0.717, 1.165) is 25.8 Å². The third-order valence-corrected chi connectivity index (χ3v) is 4.55. The molecule has 0 amide bonds. The van der Waals surface area contributed by atoms with E-state index >= 15 is 0 Å². The average molecular weight is 320 g/mol. The van der Waals surface area contributed by atoms with Gasteiger partial charge in [-0.05, 0) is 45.8 Å². The second-order valence-corrected chi connectivity index (χ2v) is 5.88. The quantitative estimate of drug-likeness (QED) is 0.770. The zero-order valence-corrected chi connectivity index (χ0v) is 11.8. The smallest absolute Gasteiger partial charge is 0.113 e. The molecule has 0 aliphatic rings. The lowest BCUT2D eigenvalue weighted by molar-refractivity contribution is 0.224. The van der Waals surface area contributed by atoms with Gasteiger partial charge >= 0.3 is 0 Å². The summed E-state index contributed by atoms with van der Waals surface area (Å²) in [7, 11) is 0. The summed E-state index contributed by atoms with van der Waals surface area (Å²) in [5, 5.41) is 13.4. The molecule has 1 aromatic carbocycles. The Balaban J connectivity index is 2.03. The third-order valence-electron chi connectivity index (χ3n) is 2.80. The van der Waals surface area contributed by atoms with Crippen molar-refractivity contribution in [2.75, 3.05) is 0 Å². The van der Waals surface area contributed by atoms with Crippen molar-refractivity contribution in [1.29, 1.82) is 0 Å². The number of aliphatic hydroxyl groups excluding tert-OH is 1. The van der Waals surface area contributed by atoms with Crippen LogP contribution < -0.4 is 0 Å². The number of hydrogen-bond donors (Lipinski definition) is 1. The number of nitrogens with zero attached hydrogens (tertiary/aromatic N) is 1. The maximum Gasteiger partial charge on any atom is 0.113 e. The Morgan fingerprint density at radius 2 is 2.11 bits per heavy atom. The van der Waals surface area contributed by atoms with E-state index in [-0.39, 0.29) is 0 Å². The topological polar surface area (TPSA) is 33.1 Å². The van der Waals surface area contributed by atoms with E-state index in [4.69, 9.17) is 0 Å². The Labute approximate surface area is 117 Å². The van der Waals surface area contributed by atoms with Crippen LogP contribution >= 0.6 is 27.3 Å². The number of halogens is 1. The number of benzene rings is 1. The molecule has 3 rings (SSSR count). The molecule has 2 nitrogen and oxygen atoms in total. The van der Waals surface area contributed by atoms with Crippen LogP contribution in [-0.2, 0) is 0 Å². The predicted octanol–water partition coefficient (Wildman–Crippen LogP) is 4.14. The number of fused-ring (bicyclic) bond motifs is 1. The summed E-state index contributed by atoms with van der Waals surface area (Å²) in [5.74, 6) is 0. The molecule has 2 aromatic heterocycles. The van der Waals surface area contributed by atoms with Gasteiger partial charge < -0.3 is 5.11 Å². The minimum Gasteiger partial charge on any atom is -0.383 e. The molecule has 0 saturated carbocycles. The normalized spacial score (nSPS) is 12.8. The van der Waals surface area contributed by atoms with Crippen LogP contribution in [0.3, 0.4) is 0 Å². The SMILES string of the molecule is OC(c1ccc2ncccc2c1)c1cc(Br)cs1. The van der Waals surface area contributed by atoms with Crippen LogP contribution in [0.2, 0.25) is 0 Å². The van der Waals surface area contributed by atoms with Crippen molar-refractivity contribution in [2.24, 2.45) is 0 Å². The summed E-state index contributed by atoms with van der Waals surface area (Å²) < 4.78 is 1.00. The molecule has 1 N–H and O–H groups in total. The molecule has 0 bridgehead atoms. The summed E-state index contributed by atoms with van der Waals surface area (Å²) >= 11 is 4.95. The summed E-state index contributed by atoms with van der Waals surface area (Å²) in [6, 6.07) is 11.7. The number of aliphatic hydroxyl groups is 1. The first-order chi connectivity index (χ1) is 8.74. The van der Waals surface area contributed by atoms with Crippen LogP contribution in [0.5, 0.6) is 0 Å². The molecule has 90 valence electrons. The Hall–Kier alpha value is -1.23. The van der Waals surface area contributed by atoms with Gasteiger partial charge in [-0.1, -0.05) is 12.1 Å². The number of rotatable bonds is 2. The Kier molecular flexibility index (Phi) is 3.16. The van der Waals surface area contributed by atoms with E-state index in [1.807, 2.05) is 41.8 Å². The van der Waals surface area contributed by atoms with E-state index in [9.17, 15) is 5.11 Å². The second-order valence-electron chi connectivity index (χ2n) is 4.03. The molecule has 0 saturated heterocycles. The van der Waals surface area contributed by atoms with Crippen molar-refractivity contribution in [3.8, 4) is 0 Å². The van der Waals surface area contributed by atoms with Crippen molar-refractivity contribution in [2.45, 2.75) is 6.10 Å². The Morgan fingerprint density at radius 1 is 1.22 bits per heavy atom. The number of aromatic nitrogens is 1. The fourth-order valence-electron chi connectivity index (χ4n) is 1.90. The average Bonchev–Trinajstić information content (AvgIpc) is 2.84. The highest BCUT2D eigenvalue weighted by Crippen LogP contribution is 2.30. The zero-order chi connectivity index (χ0) is 12.5. The molecule has 3 aromatic rings. The largest absolute Gasteiger partial charge is 0.383 e. The molecule has 4 heteroatoms. The lowest BCUT2D eigenvalue weighted by Gasteiger charge is -2.09. The molecule has 1 unspecified atom stereocenters. The van der Waals surface area contributed by atoms with E-state index < -0.39 is 6.10 Å². The molecule has 18 heavy (non-hydrogen) atoms. The standard InChI is InChI=1S/C14H10BrNOS/c15-11-7-13(18-8-11)14(17)10-3-4-12-9(6-10)2-1-5-16-12/h1-8,14,17H. The van der Waals surface area contributed by atoms with Gasteiger partial charge in [-0.15, -0.1) is 11.3 Å². The second kappa shape index (κ2) is 4.80. The summed E-state index contributed by atoms with van der Waals surface area (Å²) in [4.78, 5) is 5.21.